The highest BCUT2D eigenvalue weighted by molar-refractivity contribution is 9.10. The molecule has 41 heavy (non-hydrogen) atoms. The lowest BCUT2D eigenvalue weighted by Crippen LogP contribution is -2.20. The van der Waals surface area contributed by atoms with E-state index >= 15 is 0 Å². The molecule has 0 radical (unpaired) electrons. The van der Waals surface area contributed by atoms with E-state index in [1.54, 1.807) is 50.2 Å². The first-order valence-corrected chi connectivity index (χ1v) is 15.4. The van der Waals surface area contributed by atoms with E-state index in [1.165, 1.54) is 36.7 Å². The summed E-state index contributed by atoms with van der Waals surface area (Å²) in [5.41, 5.74) is 2.62. The second-order valence-electron chi connectivity index (χ2n) is 10.2. The monoisotopic (exact) mass is 639 g/mol. The minimum absolute atomic E-state index is 0.0762. The topological polar surface area (TPSA) is 91.7 Å². The molecule has 10 heteroatoms. The number of fused-ring (bicyclic) bond motifs is 2. The highest BCUT2D eigenvalue weighted by Crippen LogP contribution is 2.51. The van der Waals surface area contributed by atoms with Gasteiger partial charge in [-0.25, -0.2) is 4.98 Å². The summed E-state index contributed by atoms with van der Waals surface area (Å²) in [7, 11) is 4.50. The fourth-order valence-corrected chi connectivity index (χ4v) is 6.90. The van der Waals surface area contributed by atoms with Crippen LogP contribution in [0.5, 0.6) is 11.5 Å². The van der Waals surface area contributed by atoms with Crippen molar-refractivity contribution in [2.24, 2.45) is 11.8 Å². The number of halogens is 1. The average molecular weight is 641 g/mol. The minimum Gasteiger partial charge on any atom is -0.496 e. The summed E-state index contributed by atoms with van der Waals surface area (Å²) in [6.45, 7) is 1.95. The van der Waals surface area contributed by atoms with Crippen molar-refractivity contribution in [2.45, 2.75) is 45.6 Å². The van der Waals surface area contributed by atoms with Gasteiger partial charge in [-0.05, 0) is 58.8 Å². The number of benzene rings is 2. The average Bonchev–Trinajstić information content (AvgIpc) is 3.30. The van der Waals surface area contributed by atoms with Gasteiger partial charge in [-0.15, -0.1) is 11.3 Å². The number of anilines is 1. The van der Waals surface area contributed by atoms with E-state index in [9.17, 15) is 9.59 Å². The number of thiazole rings is 1. The number of aromatic nitrogens is 2. The number of esters is 1. The first-order valence-electron chi connectivity index (χ1n) is 13.7. The van der Waals surface area contributed by atoms with Crippen LogP contribution in [0.3, 0.4) is 0 Å². The molecular weight excluding hydrogens is 606 g/mol. The SMILES string of the molecule is C1CC2CC2C1.CCc1sc(NC(=O)c2cc3ccccc3n2CC(=O)OC)nc1-c1cc(Br)c(OC)cc1OC. The molecule has 0 bridgehead atoms. The number of methoxy groups -OCH3 is 3. The second-order valence-corrected chi connectivity index (χ2v) is 12.2. The summed E-state index contributed by atoms with van der Waals surface area (Å²) < 4.78 is 18.2. The molecular formula is C31H34BrN3O5S. The highest BCUT2D eigenvalue weighted by Gasteiger charge is 2.40. The van der Waals surface area contributed by atoms with Crippen molar-refractivity contribution in [1.82, 2.24) is 9.55 Å². The maximum absolute atomic E-state index is 13.3. The third kappa shape index (κ3) is 6.28. The highest BCUT2D eigenvalue weighted by atomic mass is 79.9. The van der Waals surface area contributed by atoms with E-state index < -0.39 is 5.97 Å². The van der Waals surface area contributed by atoms with Gasteiger partial charge in [-0.3, -0.25) is 14.9 Å². The minimum atomic E-state index is -0.442. The number of ether oxygens (including phenoxy) is 3. The third-order valence-electron chi connectivity index (χ3n) is 7.74. The van der Waals surface area contributed by atoms with Crippen molar-refractivity contribution < 1.29 is 23.8 Å². The van der Waals surface area contributed by atoms with Gasteiger partial charge in [0.1, 0.15) is 23.7 Å². The number of carbonyl (C=O) groups is 2. The Balaban J connectivity index is 0.000000490. The summed E-state index contributed by atoms with van der Waals surface area (Å²) in [5.74, 6) is 2.88. The molecule has 2 atom stereocenters. The molecule has 8 nitrogen and oxygen atoms in total. The molecule has 2 fully saturated rings. The van der Waals surface area contributed by atoms with Crippen molar-refractivity contribution in [3.63, 3.8) is 0 Å². The largest absolute Gasteiger partial charge is 0.496 e. The Morgan fingerprint density at radius 3 is 2.41 bits per heavy atom. The normalized spacial score (nSPS) is 16.9. The molecule has 0 saturated heterocycles. The number of aryl methyl sites for hydroxylation is 1. The van der Waals surface area contributed by atoms with Gasteiger partial charge in [0.15, 0.2) is 5.13 Å². The standard InChI is InChI=1S/C25H24BrN3O5S.C6H10/c1-5-21-23(15-11-16(26)20(33-3)12-19(15)32-2)27-25(35-21)28-24(31)18-10-14-8-6-7-9-17(14)29(18)13-22(30)34-4;1-2-5-4-6(5)3-1/h6-12H,5,13H2,1-4H3,(H,27,28,31);5-6H,1-4H2. The molecule has 2 unspecified atom stereocenters. The maximum atomic E-state index is 13.3. The first-order chi connectivity index (χ1) is 19.9. The van der Waals surface area contributed by atoms with Crippen molar-refractivity contribution in [3.8, 4) is 22.8 Å². The fraction of sp³-hybridized carbons (Fsp3) is 0.387. The molecule has 1 N–H and O–H groups in total. The number of para-hydroxylation sites is 1. The Hall–Kier alpha value is -3.37. The van der Waals surface area contributed by atoms with Gasteiger partial charge in [0.05, 0.1) is 31.5 Å². The van der Waals surface area contributed by atoms with Gasteiger partial charge in [-0.2, -0.15) is 0 Å². The smallest absolute Gasteiger partial charge is 0.325 e. The lowest BCUT2D eigenvalue weighted by atomic mass is 10.1. The van der Waals surface area contributed by atoms with E-state index in [1.807, 2.05) is 37.3 Å². The van der Waals surface area contributed by atoms with E-state index in [4.69, 9.17) is 19.2 Å². The lowest BCUT2D eigenvalue weighted by molar-refractivity contribution is -0.141. The number of nitrogens with zero attached hydrogens (tertiary/aromatic N) is 2. The molecule has 2 heterocycles. The van der Waals surface area contributed by atoms with Crippen LogP contribution in [-0.4, -0.2) is 42.8 Å². The summed E-state index contributed by atoms with van der Waals surface area (Å²) in [4.78, 5) is 31.1. The zero-order chi connectivity index (χ0) is 29.1. The van der Waals surface area contributed by atoms with Crippen LogP contribution in [0.25, 0.3) is 22.2 Å². The molecule has 1 amide bonds. The Labute approximate surface area is 252 Å². The molecule has 2 aromatic heterocycles. The van der Waals surface area contributed by atoms with Crippen LogP contribution < -0.4 is 14.8 Å². The lowest BCUT2D eigenvalue weighted by Gasteiger charge is -2.12. The number of hydrogen-bond acceptors (Lipinski definition) is 7. The van der Waals surface area contributed by atoms with Gasteiger partial charge < -0.3 is 18.8 Å². The van der Waals surface area contributed by atoms with Crippen LogP contribution in [0.15, 0.2) is 46.9 Å². The number of hydrogen-bond donors (Lipinski definition) is 1. The first kappa shape index (κ1) is 29.1. The number of rotatable bonds is 8. The number of amides is 1. The van der Waals surface area contributed by atoms with E-state index in [-0.39, 0.29) is 12.5 Å². The van der Waals surface area contributed by atoms with Crippen LogP contribution in [0.1, 0.15) is 48.0 Å². The van der Waals surface area contributed by atoms with Crippen LogP contribution in [0.4, 0.5) is 5.13 Å². The third-order valence-corrected chi connectivity index (χ3v) is 9.48. The predicted molar refractivity (Wildman–Crippen MR) is 165 cm³/mol. The van der Waals surface area contributed by atoms with Crippen LogP contribution in [0.2, 0.25) is 0 Å². The van der Waals surface area contributed by atoms with Gasteiger partial charge in [-0.1, -0.05) is 44.4 Å². The van der Waals surface area contributed by atoms with Gasteiger partial charge in [0, 0.05) is 27.4 Å². The molecule has 2 saturated carbocycles. The molecule has 0 aliphatic heterocycles. The van der Waals surface area contributed by atoms with Crippen molar-refractivity contribution in [3.05, 3.63) is 57.5 Å². The predicted octanol–water partition coefficient (Wildman–Crippen LogP) is 7.34. The molecule has 2 aromatic carbocycles. The summed E-state index contributed by atoms with van der Waals surface area (Å²) >= 11 is 4.92. The van der Waals surface area contributed by atoms with Crippen molar-refractivity contribution >= 4 is 55.2 Å². The zero-order valence-electron chi connectivity index (χ0n) is 23.7. The molecule has 2 aliphatic rings. The van der Waals surface area contributed by atoms with E-state index in [0.29, 0.717) is 22.3 Å². The van der Waals surface area contributed by atoms with Crippen LogP contribution >= 0.6 is 27.3 Å². The van der Waals surface area contributed by atoms with E-state index in [2.05, 4.69) is 21.2 Å². The van der Waals surface area contributed by atoms with Crippen molar-refractivity contribution in [1.29, 1.82) is 0 Å². The van der Waals surface area contributed by atoms with Gasteiger partial charge >= 0.3 is 5.97 Å². The fourth-order valence-electron chi connectivity index (χ4n) is 5.48. The molecule has 0 spiro atoms. The van der Waals surface area contributed by atoms with Crippen LogP contribution in [-0.2, 0) is 22.5 Å². The molecule has 2 aliphatic carbocycles. The van der Waals surface area contributed by atoms with Crippen molar-refractivity contribution in [2.75, 3.05) is 26.6 Å². The second kappa shape index (κ2) is 12.7. The number of nitrogens with one attached hydrogen (secondary N) is 1. The maximum Gasteiger partial charge on any atom is 0.325 e. The Morgan fingerprint density at radius 2 is 1.80 bits per heavy atom. The Morgan fingerprint density at radius 1 is 1.07 bits per heavy atom. The van der Waals surface area contributed by atoms with Crippen LogP contribution in [0, 0.1) is 11.8 Å². The zero-order valence-corrected chi connectivity index (χ0v) is 26.1. The molecule has 4 aromatic rings. The Bertz CT molecular complexity index is 1570. The molecule has 6 rings (SSSR count). The van der Waals surface area contributed by atoms with Gasteiger partial charge in [0.2, 0.25) is 0 Å². The number of carbonyl (C=O) groups excluding carboxylic acids is 2. The quantitative estimate of drug-likeness (QED) is 0.203. The van der Waals surface area contributed by atoms with Gasteiger partial charge in [0.25, 0.3) is 5.91 Å². The summed E-state index contributed by atoms with van der Waals surface area (Å²) in [6.07, 6.45) is 6.96. The molecule has 216 valence electrons. The Kier molecular flexibility index (Phi) is 8.99. The summed E-state index contributed by atoms with van der Waals surface area (Å²) in [6, 6.07) is 12.9. The summed E-state index contributed by atoms with van der Waals surface area (Å²) in [5, 5.41) is 4.21. The van der Waals surface area contributed by atoms with E-state index in [0.717, 1.165) is 37.9 Å².